The standard InChI is InChI=1S/C14H21FN2/c1-10(2)13-9-16-7-8-17(13)12-6-4-5-11(3)14(12)15/h4-6,10,13,16H,7-9H2,1-3H3. The van der Waals surface area contributed by atoms with Crippen molar-refractivity contribution < 1.29 is 4.39 Å². The van der Waals surface area contributed by atoms with Crippen molar-refractivity contribution >= 4 is 5.69 Å². The van der Waals surface area contributed by atoms with Gasteiger partial charge in [0.05, 0.1) is 5.69 Å². The van der Waals surface area contributed by atoms with Crippen molar-refractivity contribution in [2.45, 2.75) is 26.8 Å². The van der Waals surface area contributed by atoms with Crippen molar-refractivity contribution in [1.82, 2.24) is 5.32 Å². The molecular formula is C14H21FN2. The summed E-state index contributed by atoms with van der Waals surface area (Å²) in [5.41, 5.74) is 1.48. The van der Waals surface area contributed by atoms with Gasteiger partial charge in [-0.1, -0.05) is 26.0 Å². The van der Waals surface area contributed by atoms with E-state index in [-0.39, 0.29) is 5.82 Å². The summed E-state index contributed by atoms with van der Waals surface area (Å²) < 4.78 is 14.2. The molecule has 1 aromatic rings. The molecule has 0 saturated carbocycles. The van der Waals surface area contributed by atoms with Crippen LogP contribution in [-0.2, 0) is 0 Å². The zero-order valence-corrected chi connectivity index (χ0v) is 10.8. The Kier molecular flexibility index (Phi) is 3.67. The van der Waals surface area contributed by atoms with Crippen LogP contribution >= 0.6 is 0 Å². The molecule has 94 valence electrons. The average molecular weight is 236 g/mol. The zero-order valence-electron chi connectivity index (χ0n) is 10.8. The summed E-state index contributed by atoms with van der Waals surface area (Å²) >= 11 is 0. The van der Waals surface area contributed by atoms with Crippen LogP contribution in [0.4, 0.5) is 10.1 Å². The van der Waals surface area contributed by atoms with Crippen LogP contribution in [0.15, 0.2) is 18.2 Å². The number of anilines is 1. The van der Waals surface area contributed by atoms with E-state index in [4.69, 9.17) is 0 Å². The normalized spacial score (nSPS) is 21.0. The molecular weight excluding hydrogens is 215 g/mol. The van der Waals surface area contributed by atoms with Gasteiger partial charge in [0.2, 0.25) is 0 Å². The monoisotopic (exact) mass is 236 g/mol. The quantitative estimate of drug-likeness (QED) is 0.849. The van der Waals surface area contributed by atoms with Crippen molar-refractivity contribution in [3.05, 3.63) is 29.6 Å². The van der Waals surface area contributed by atoms with Crippen molar-refractivity contribution in [1.29, 1.82) is 0 Å². The van der Waals surface area contributed by atoms with Gasteiger partial charge in [-0.2, -0.15) is 0 Å². The first-order valence-electron chi connectivity index (χ1n) is 6.33. The lowest BCUT2D eigenvalue weighted by Crippen LogP contribution is -2.54. The minimum Gasteiger partial charge on any atom is -0.363 e. The molecule has 0 amide bonds. The minimum absolute atomic E-state index is 0.0694. The Balaban J connectivity index is 2.33. The number of aryl methyl sites for hydroxylation is 1. The molecule has 1 aliphatic rings. The molecule has 0 spiro atoms. The predicted octanol–water partition coefficient (Wildman–Crippen LogP) is 2.57. The molecule has 1 fully saturated rings. The Labute approximate surface area is 103 Å². The second-order valence-electron chi connectivity index (χ2n) is 5.12. The lowest BCUT2D eigenvalue weighted by molar-refractivity contribution is 0.386. The molecule has 17 heavy (non-hydrogen) atoms. The van der Waals surface area contributed by atoms with Crippen LogP contribution in [0, 0.1) is 18.7 Å². The molecule has 1 unspecified atom stereocenters. The summed E-state index contributed by atoms with van der Waals surface area (Å²) in [5.74, 6) is 0.447. The topological polar surface area (TPSA) is 15.3 Å². The number of nitrogens with one attached hydrogen (secondary N) is 1. The van der Waals surface area contributed by atoms with Gasteiger partial charge in [-0.05, 0) is 24.5 Å². The SMILES string of the molecule is Cc1cccc(N2CCNCC2C(C)C)c1F. The molecule has 1 atom stereocenters. The Hall–Kier alpha value is -1.09. The van der Waals surface area contributed by atoms with Gasteiger partial charge in [0.25, 0.3) is 0 Å². The number of rotatable bonds is 2. The van der Waals surface area contributed by atoms with Gasteiger partial charge in [-0.3, -0.25) is 0 Å². The molecule has 1 saturated heterocycles. The van der Waals surface area contributed by atoms with Gasteiger partial charge in [0.1, 0.15) is 5.82 Å². The number of hydrogen-bond donors (Lipinski definition) is 1. The molecule has 0 radical (unpaired) electrons. The third-order valence-corrected chi connectivity index (χ3v) is 3.53. The lowest BCUT2D eigenvalue weighted by atomic mass is 9.99. The summed E-state index contributed by atoms with van der Waals surface area (Å²) in [5, 5.41) is 3.39. The van der Waals surface area contributed by atoms with Crippen molar-refractivity contribution in [2.75, 3.05) is 24.5 Å². The van der Waals surface area contributed by atoms with Gasteiger partial charge in [0.15, 0.2) is 0 Å². The number of piperazine rings is 1. The summed E-state index contributed by atoms with van der Waals surface area (Å²) in [4.78, 5) is 2.21. The zero-order chi connectivity index (χ0) is 12.4. The van der Waals surface area contributed by atoms with E-state index in [1.165, 1.54) is 0 Å². The maximum Gasteiger partial charge on any atom is 0.149 e. The first-order chi connectivity index (χ1) is 8.11. The van der Waals surface area contributed by atoms with E-state index in [2.05, 4.69) is 24.1 Å². The van der Waals surface area contributed by atoms with Crippen LogP contribution in [0.5, 0.6) is 0 Å². The Morgan fingerprint density at radius 3 is 2.88 bits per heavy atom. The van der Waals surface area contributed by atoms with E-state index in [1.807, 2.05) is 25.1 Å². The lowest BCUT2D eigenvalue weighted by Gasteiger charge is -2.40. The second kappa shape index (κ2) is 5.05. The highest BCUT2D eigenvalue weighted by Crippen LogP contribution is 2.26. The molecule has 3 heteroatoms. The van der Waals surface area contributed by atoms with E-state index in [0.717, 1.165) is 30.9 Å². The van der Waals surface area contributed by atoms with Gasteiger partial charge >= 0.3 is 0 Å². The number of nitrogens with zero attached hydrogens (tertiary/aromatic N) is 1. The van der Waals surface area contributed by atoms with Crippen LogP contribution in [0.2, 0.25) is 0 Å². The smallest absolute Gasteiger partial charge is 0.149 e. The Bertz CT molecular complexity index is 390. The third-order valence-electron chi connectivity index (χ3n) is 3.53. The first kappa shape index (κ1) is 12.4. The van der Waals surface area contributed by atoms with Gasteiger partial charge in [0, 0.05) is 25.7 Å². The fraction of sp³-hybridized carbons (Fsp3) is 0.571. The summed E-state index contributed by atoms with van der Waals surface area (Å²) in [6.45, 7) is 8.95. The summed E-state index contributed by atoms with van der Waals surface area (Å²) in [6.07, 6.45) is 0. The molecule has 0 aliphatic carbocycles. The van der Waals surface area contributed by atoms with Gasteiger partial charge in [-0.15, -0.1) is 0 Å². The highest BCUT2D eigenvalue weighted by molar-refractivity contribution is 5.51. The highest BCUT2D eigenvalue weighted by atomic mass is 19.1. The van der Waals surface area contributed by atoms with Gasteiger partial charge < -0.3 is 10.2 Å². The second-order valence-corrected chi connectivity index (χ2v) is 5.12. The van der Waals surface area contributed by atoms with E-state index in [1.54, 1.807) is 0 Å². The molecule has 1 N–H and O–H groups in total. The van der Waals surface area contributed by atoms with E-state index in [0.29, 0.717) is 12.0 Å². The Morgan fingerprint density at radius 1 is 1.41 bits per heavy atom. The number of halogens is 1. The molecule has 1 heterocycles. The fourth-order valence-corrected chi connectivity index (χ4v) is 2.47. The average Bonchev–Trinajstić information content (AvgIpc) is 2.33. The van der Waals surface area contributed by atoms with Crippen LogP contribution in [-0.4, -0.2) is 25.7 Å². The van der Waals surface area contributed by atoms with E-state index >= 15 is 0 Å². The third kappa shape index (κ3) is 2.44. The van der Waals surface area contributed by atoms with Crippen LogP contribution in [0.3, 0.4) is 0 Å². The molecule has 2 rings (SSSR count). The summed E-state index contributed by atoms with van der Waals surface area (Å²) in [7, 11) is 0. The van der Waals surface area contributed by atoms with Crippen molar-refractivity contribution in [3.63, 3.8) is 0 Å². The van der Waals surface area contributed by atoms with Crippen LogP contribution in [0.1, 0.15) is 19.4 Å². The largest absolute Gasteiger partial charge is 0.363 e. The molecule has 0 aromatic heterocycles. The van der Waals surface area contributed by atoms with Crippen LogP contribution in [0.25, 0.3) is 0 Å². The maximum atomic E-state index is 14.2. The molecule has 2 nitrogen and oxygen atoms in total. The van der Waals surface area contributed by atoms with Crippen LogP contribution < -0.4 is 10.2 Å². The van der Waals surface area contributed by atoms with E-state index in [9.17, 15) is 4.39 Å². The molecule has 1 aliphatic heterocycles. The molecule has 0 bridgehead atoms. The maximum absolute atomic E-state index is 14.2. The highest BCUT2D eigenvalue weighted by Gasteiger charge is 2.27. The summed E-state index contributed by atoms with van der Waals surface area (Å²) in [6, 6.07) is 6.03. The molecule has 1 aromatic carbocycles. The van der Waals surface area contributed by atoms with E-state index < -0.39 is 0 Å². The Morgan fingerprint density at radius 2 is 2.18 bits per heavy atom. The first-order valence-corrected chi connectivity index (χ1v) is 6.33. The number of hydrogen-bond acceptors (Lipinski definition) is 2. The van der Waals surface area contributed by atoms with Crippen molar-refractivity contribution in [2.24, 2.45) is 5.92 Å². The fourth-order valence-electron chi connectivity index (χ4n) is 2.47. The van der Waals surface area contributed by atoms with Crippen molar-refractivity contribution in [3.8, 4) is 0 Å². The van der Waals surface area contributed by atoms with Gasteiger partial charge in [-0.25, -0.2) is 4.39 Å². The minimum atomic E-state index is -0.0694. The number of benzene rings is 1. The predicted molar refractivity (Wildman–Crippen MR) is 70.0 cm³/mol.